The van der Waals surface area contributed by atoms with Gasteiger partial charge in [-0.25, -0.2) is 10.1 Å². The first-order valence-electron chi connectivity index (χ1n) is 4.13. The van der Waals surface area contributed by atoms with Crippen LogP contribution in [-0.2, 0) is 0 Å². The van der Waals surface area contributed by atoms with E-state index in [1.165, 1.54) is 12.8 Å². The molecule has 0 rings (SSSR count). The van der Waals surface area contributed by atoms with Crippen molar-refractivity contribution in [2.24, 2.45) is 0 Å². The number of unbranched alkanes of at least 4 members (excludes halogenated alkanes) is 1. The molecule has 8 heteroatoms. The maximum atomic E-state index is 9.29. The fraction of sp³-hybridized carbons (Fsp3) is 1.00. The Morgan fingerprint density at radius 2 is 1.43 bits per heavy atom. The molecular weight excluding hydrogens is 194 g/mol. The summed E-state index contributed by atoms with van der Waals surface area (Å²) in [5, 5.41) is 22.4. The van der Waals surface area contributed by atoms with Gasteiger partial charge in [0.2, 0.25) is 0 Å². The Morgan fingerprint density at radius 3 is 1.43 bits per heavy atom. The van der Waals surface area contributed by atoms with Crippen LogP contribution < -0.4 is 5.43 Å². The van der Waals surface area contributed by atoms with Crippen molar-refractivity contribution in [3.05, 3.63) is 20.2 Å². The minimum atomic E-state index is -1.50. The highest BCUT2D eigenvalue weighted by Gasteiger charge is 1.80. The number of hydrogen-bond acceptors (Lipinski definition) is 4. The summed E-state index contributed by atoms with van der Waals surface area (Å²) < 4.78 is 0. The standard InChI is InChI=1S/C4H10.C2H6N2O2.HNO3/c1-3-4-2;1-2-3-4(5)6;2-1(3)4/h3-4H2,1-2H3;3H,2H2,1H3;(H,2,3,4). The Labute approximate surface area is 82.1 Å². The summed E-state index contributed by atoms with van der Waals surface area (Å²) in [5.74, 6) is 0. The van der Waals surface area contributed by atoms with E-state index in [1.54, 1.807) is 6.92 Å². The molecule has 0 spiro atoms. The van der Waals surface area contributed by atoms with Gasteiger partial charge in [-0.2, -0.15) is 0 Å². The molecule has 0 saturated carbocycles. The molecule has 0 amide bonds. The Hall–Kier alpha value is -1.60. The number of nitrogens with zero attached hydrogens (tertiary/aromatic N) is 2. The molecule has 0 saturated heterocycles. The van der Waals surface area contributed by atoms with Crippen molar-refractivity contribution in [3.63, 3.8) is 0 Å². The minimum absolute atomic E-state index is 0.382. The Morgan fingerprint density at radius 1 is 1.14 bits per heavy atom. The van der Waals surface area contributed by atoms with E-state index in [2.05, 4.69) is 13.8 Å². The van der Waals surface area contributed by atoms with Crippen LogP contribution in [0.5, 0.6) is 0 Å². The molecule has 0 bridgehead atoms. The molecular formula is C6H17N3O5. The Balaban J connectivity index is -0.000000135. The highest BCUT2D eigenvalue weighted by molar-refractivity contribution is 4.12. The molecule has 2 N–H and O–H groups in total. The number of nitro groups is 1. The molecule has 0 aromatic rings. The molecule has 0 heterocycles. The summed E-state index contributed by atoms with van der Waals surface area (Å²) in [4.78, 5) is 17.7. The summed E-state index contributed by atoms with van der Waals surface area (Å²) in [6.45, 7) is 6.41. The van der Waals surface area contributed by atoms with Crippen LogP contribution >= 0.6 is 0 Å². The first-order chi connectivity index (χ1) is 6.42. The molecule has 0 atom stereocenters. The molecule has 14 heavy (non-hydrogen) atoms. The van der Waals surface area contributed by atoms with Crippen molar-refractivity contribution in [2.75, 3.05) is 6.54 Å². The van der Waals surface area contributed by atoms with Crippen LogP contribution in [0.25, 0.3) is 0 Å². The molecule has 8 nitrogen and oxygen atoms in total. The lowest BCUT2D eigenvalue weighted by Crippen LogP contribution is -2.19. The van der Waals surface area contributed by atoms with Crippen molar-refractivity contribution in [3.8, 4) is 0 Å². The summed E-state index contributed by atoms with van der Waals surface area (Å²) in [5.41, 5.74) is 1.93. The van der Waals surface area contributed by atoms with Crippen LogP contribution in [0.4, 0.5) is 0 Å². The van der Waals surface area contributed by atoms with Crippen LogP contribution in [0.15, 0.2) is 0 Å². The Bertz CT molecular complexity index is 135. The molecule has 0 aliphatic rings. The van der Waals surface area contributed by atoms with E-state index in [-0.39, 0.29) is 0 Å². The second kappa shape index (κ2) is 17.5. The van der Waals surface area contributed by atoms with Gasteiger partial charge in [0.25, 0.3) is 5.09 Å². The van der Waals surface area contributed by atoms with Gasteiger partial charge in [-0.05, 0) is 6.92 Å². The average molecular weight is 211 g/mol. The van der Waals surface area contributed by atoms with Crippen molar-refractivity contribution in [1.29, 1.82) is 0 Å². The van der Waals surface area contributed by atoms with Gasteiger partial charge in [-0.3, -0.25) is 0 Å². The highest BCUT2D eigenvalue weighted by atomic mass is 16.9. The van der Waals surface area contributed by atoms with Crippen LogP contribution in [0, 0.1) is 20.2 Å². The fourth-order valence-corrected chi connectivity index (χ4v) is 0.129. The number of hydrogen-bond donors (Lipinski definition) is 2. The van der Waals surface area contributed by atoms with Gasteiger partial charge in [-0.1, -0.05) is 26.7 Å². The molecule has 0 aliphatic carbocycles. The number of rotatable bonds is 3. The van der Waals surface area contributed by atoms with Crippen molar-refractivity contribution < 1.29 is 15.3 Å². The van der Waals surface area contributed by atoms with E-state index in [0.29, 0.717) is 6.54 Å². The van der Waals surface area contributed by atoms with Crippen LogP contribution in [0.3, 0.4) is 0 Å². The third-order valence-corrected chi connectivity index (χ3v) is 0.787. The van der Waals surface area contributed by atoms with E-state index in [1.807, 2.05) is 5.43 Å². The lowest BCUT2D eigenvalue weighted by Gasteiger charge is -1.83. The summed E-state index contributed by atoms with van der Waals surface area (Å²) >= 11 is 0. The van der Waals surface area contributed by atoms with Crippen molar-refractivity contribution >= 4 is 0 Å². The van der Waals surface area contributed by atoms with Gasteiger partial charge in [-0.15, -0.1) is 15.5 Å². The first-order valence-corrected chi connectivity index (χ1v) is 4.13. The van der Waals surface area contributed by atoms with Crippen molar-refractivity contribution in [1.82, 2.24) is 5.43 Å². The van der Waals surface area contributed by atoms with E-state index in [4.69, 9.17) is 15.3 Å². The minimum Gasteiger partial charge on any atom is -0.328 e. The second-order valence-corrected chi connectivity index (χ2v) is 2.01. The SMILES string of the molecule is CCCC.CCN[N+](=O)[O-].O=[N+]([O-])O. The largest absolute Gasteiger partial charge is 0.328 e. The summed E-state index contributed by atoms with van der Waals surface area (Å²) in [6.07, 6.45) is 2.64. The van der Waals surface area contributed by atoms with Crippen LogP contribution in [0.2, 0.25) is 0 Å². The molecule has 0 aromatic heterocycles. The van der Waals surface area contributed by atoms with E-state index in [9.17, 15) is 10.1 Å². The fourth-order valence-electron chi connectivity index (χ4n) is 0.129. The third-order valence-electron chi connectivity index (χ3n) is 0.787. The molecule has 86 valence electrons. The molecule has 0 fully saturated rings. The smallest absolute Gasteiger partial charge is 0.291 e. The van der Waals surface area contributed by atoms with Gasteiger partial charge in [0.05, 0.1) is 6.54 Å². The lowest BCUT2D eigenvalue weighted by atomic mass is 10.4. The zero-order chi connectivity index (χ0) is 12.0. The molecule has 0 aromatic carbocycles. The summed E-state index contributed by atoms with van der Waals surface area (Å²) in [7, 11) is 0. The van der Waals surface area contributed by atoms with Gasteiger partial charge >= 0.3 is 0 Å². The maximum absolute atomic E-state index is 9.29. The second-order valence-electron chi connectivity index (χ2n) is 2.01. The van der Waals surface area contributed by atoms with Gasteiger partial charge in [0.15, 0.2) is 5.03 Å². The number of nitrogens with one attached hydrogen (secondary N) is 1. The average Bonchev–Trinajstić information content (AvgIpc) is 2.03. The zero-order valence-corrected chi connectivity index (χ0v) is 8.60. The lowest BCUT2D eigenvalue weighted by molar-refractivity contribution is -0.742. The highest BCUT2D eigenvalue weighted by Crippen LogP contribution is 1.76. The van der Waals surface area contributed by atoms with Gasteiger partial charge in [0, 0.05) is 0 Å². The first kappa shape index (κ1) is 18.2. The topological polar surface area (TPSA) is 119 Å². The Kier molecular flexibility index (Phi) is 22.8. The predicted molar refractivity (Wildman–Crippen MR) is 50.0 cm³/mol. The van der Waals surface area contributed by atoms with Crippen molar-refractivity contribution in [2.45, 2.75) is 33.6 Å². The van der Waals surface area contributed by atoms with Crippen LogP contribution in [0.1, 0.15) is 33.6 Å². The van der Waals surface area contributed by atoms with E-state index < -0.39 is 10.1 Å². The predicted octanol–water partition coefficient (Wildman–Crippen LogP) is 1.25. The maximum Gasteiger partial charge on any atom is 0.291 e. The van der Waals surface area contributed by atoms with E-state index >= 15 is 0 Å². The van der Waals surface area contributed by atoms with Gasteiger partial charge in [0.1, 0.15) is 0 Å². The quantitative estimate of drug-likeness (QED) is 0.535. The summed E-state index contributed by atoms with van der Waals surface area (Å²) in [6, 6.07) is 0. The molecule has 0 unspecified atom stereocenters. The molecule has 0 radical (unpaired) electrons. The number of hydrazine groups is 1. The third kappa shape index (κ3) is 160. The zero-order valence-electron chi connectivity index (χ0n) is 8.60. The molecule has 0 aliphatic heterocycles. The van der Waals surface area contributed by atoms with E-state index in [0.717, 1.165) is 0 Å². The monoisotopic (exact) mass is 211 g/mol. The normalized spacial score (nSPS) is 7.07. The van der Waals surface area contributed by atoms with Crippen LogP contribution in [-0.4, -0.2) is 21.9 Å². The van der Waals surface area contributed by atoms with Gasteiger partial charge < -0.3 is 5.21 Å².